The summed E-state index contributed by atoms with van der Waals surface area (Å²) in [4.78, 5) is 3.14. The van der Waals surface area contributed by atoms with Crippen LogP contribution in [0.3, 0.4) is 0 Å². The summed E-state index contributed by atoms with van der Waals surface area (Å²) in [5.74, 6) is -0.973. The second kappa shape index (κ2) is 10.8. The summed E-state index contributed by atoms with van der Waals surface area (Å²) in [5.41, 5.74) is 0.542. The Morgan fingerprint density at radius 3 is 1.32 bits per heavy atom. The van der Waals surface area contributed by atoms with Crippen molar-refractivity contribution in [2.75, 3.05) is 28.2 Å². The lowest BCUT2D eigenvalue weighted by Crippen LogP contribution is -2.25. The van der Waals surface area contributed by atoms with Crippen LogP contribution in [0.2, 0.25) is 10.0 Å². The highest BCUT2D eigenvalue weighted by Gasteiger charge is 2.20. The quantitative estimate of drug-likeness (QED) is 0.328. The first-order valence-electron chi connectivity index (χ1n) is 9.85. The van der Waals surface area contributed by atoms with Crippen LogP contribution in [0.15, 0.2) is 48.5 Å². The van der Waals surface area contributed by atoms with Crippen LogP contribution in [0.25, 0.3) is 22.3 Å². The third-order valence-electron chi connectivity index (χ3n) is 4.65. The lowest BCUT2D eigenvalue weighted by Gasteiger charge is -2.19. The lowest BCUT2D eigenvalue weighted by atomic mass is 9.97. The number of rotatable bonds is 4. The predicted molar refractivity (Wildman–Crippen MR) is 141 cm³/mol. The highest BCUT2D eigenvalue weighted by molar-refractivity contribution is 7.80. The minimum atomic E-state index is -0.685. The predicted octanol–water partition coefficient (Wildman–Crippen LogP) is 7.06. The molecule has 0 amide bonds. The molecule has 0 bridgehead atoms. The maximum Gasteiger partial charge on any atom is 0.264 e. The summed E-state index contributed by atoms with van der Waals surface area (Å²) < 4.78 is 42.1. The summed E-state index contributed by atoms with van der Waals surface area (Å²) in [6, 6.07) is 11.3. The van der Waals surface area contributed by atoms with Crippen LogP contribution >= 0.6 is 47.6 Å². The number of halogens is 4. The number of benzene rings is 3. The molecule has 178 valence electrons. The Bertz CT molecular complexity index is 1170. The molecule has 34 heavy (non-hydrogen) atoms. The van der Waals surface area contributed by atoms with Gasteiger partial charge in [0.2, 0.25) is 0 Å². The fraction of sp³-hybridized carbons (Fsp3) is 0.167. The Kier molecular flexibility index (Phi) is 8.30. The van der Waals surface area contributed by atoms with Gasteiger partial charge in [0.25, 0.3) is 10.3 Å². The summed E-state index contributed by atoms with van der Waals surface area (Å²) in [6.07, 6.45) is 0. The molecule has 0 N–H and O–H groups in total. The lowest BCUT2D eigenvalue weighted by molar-refractivity contribution is 0.450. The summed E-state index contributed by atoms with van der Waals surface area (Å²) in [5, 5.41) is 0.997. The van der Waals surface area contributed by atoms with Crippen molar-refractivity contribution < 1.29 is 18.3 Å². The molecule has 0 fully saturated rings. The van der Waals surface area contributed by atoms with Gasteiger partial charge in [0.1, 0.15) is 23.1 Å². The standard InChI is InChI=1S/C24H20Cl2F2N2O2S2/c1-29(2)23(33)31-21-9-13(25)5-7-15(21)17-11-20(28)18(12-19(17)27)16-8-6-14(26)10-22(16)32-24(34)30(3)4/h5-12H,1-4H3. The second-order valence-electron chi connectivity index (χ2n) is 7.62. The molecular weight excluding hydrogens is 521 g/mol. The molecule has 0 aromatic heterocycles. The van der Waals surface area contributed by atoms with E-state index < -0.39 is 11.6 Å². The Morgan fingerprint density at radius 2 is 1.00 bits per heavy atom. The van der Waals surface area contributed by atoms with Gasteiger partial charge in [-0.05, 0) is 60.8 Å². The number of ether oxygens (including phenoxy) is 2. The van der Waals surface area contributed by atoms with Crippen LogP contribution < -0.4 is 9.47 Å². The van der Waals surface area contributed by atoms with E-state index in [2.05, 4.69) is 0 Å². The molecule has 0 aliphatic carbocycles. The van der Waals surface area contributed by atoms with Gasteiger partial charge in [-0.25, -0.2) is 8.78 Å². The summed E-state index contributed by atoms with van der Waals surface area (Å²) >= 11 is 22.6. The van der Waals surface area contributed by atoms with Crippen molar-refractivity contribution in [1.82, 2.24) is 9.80 Å². The van der Waals surface area contributed by atoms with Crippen molar-refractivity contribution in [2.45, 2.75) is 0 Å². The molecule has 0 radical (unpaired) electrons. The molecule has 3 aromatic carbocycles. The molecular formula is C24H20Cl2F2N2O2S2. The summed E-state index contributed by atoms with van der Waals surface area (Å²) in [6.45, 7) is 0. The maximum absolute atomic E-state index is 15.4. The van der Waals surface area contributed by atoms with Gasteiger partial charge in [0, 0.05) is 72.6 Å². The molecule has 3 rings (SSSR count). The van der Waals surface area contributed by atoms with Crippen molar-refractivity contribution in [2.24, 2.45) is 0 Å². The van der Waals surface area contributed by atoms with Crippen LogP contribution in [0, 0.1) is 11.6 Å². The van der Waals surface area contributed by atoms with Gasteiger partial charge in [0.15, 0.2) is 0 Å². The highest BCUT2D eigenvalue weighted by atomic mass is 35.5. The average Bonchev–Trinajstić information content (AvgIpc) is 2.75. The van der Waals surface area contributed by atoms with Crippen LogP contribution in [0.1, 0.15) is 0 Å². The molecule has 0 aliphatic rings. The SMILES string of the molecule is CN(C)C(=S)Oc1cc(Cl)ccc1-c1cc(F)c(-c2ccc(Cl)cc2OC(=S)N(C)C)cc1F. The van der Waals surface area contributed by atoms with Gasteiger partial charge < -0.3 is 19.3 Å². The minimum absolute atomic E-state index is 0.0188. The number of hydrogen-bond donors (Lipinski definition) is 0. The first-order valence-corrected chi connectivity index (χ1v) is 11.4. The molecule has 0 saturated carbocycles. The van der Waals surface area contributed by atoms with E-state index in [1.807, 2.05) is 0 Å². The number of thiocarbonyl (C=S) groups is 2. The van der Waals surface area contributed by atoms with Crippen LogP contribution in [-0.2, 0) is 0 Å². The highest BCUT2D eigenvalue weighted by Crippen LogP contribution is 2.40. The van der Waals surface area contributed by atoms with E-state index in [-0.39, 0.29) is 44.1 Å². The third kappa shape index (κ3) is 5.93. The molecule has 0 unspecified atom stereocenters. The molecule has 10 heteroatoms. The van der Waals surface area contributed by atoms with E-state index in [4.69, 9.17) is 57.1 Å². The third-order valence-corrected chi connectivity index (χ3v) is 6.02. The Balaban J connectivity index is 2.11. The number of hydrogen-bond acceptors (Lipinski definition) is 4. The van der Waals surface area contributed by atoms with Gasteiger partial charge in [-0.1, -0.05) is 23.2 Å². The van der Waals surface area contributed by atoms with Gasteiger partial charge in [-0.2, -0.15) is 0 Å². The van der Waals surface area contributed by atoms with Gasteiger partial charge in [0.05, 0.1) is 0 Å². The molecule has 3 aromatic rings. The van der Waals surface area contributed by atoms with Crippen molar-refractivity contribution in [3.63, 3.8) is 0 Å². The average molecular weight is 541 g/mol. The zero-order valence-corrected chi connectivity index (χ0v) is 21.8. The van der Waals surface area contributed by atoms with Crippen LogP contribution in [-0.4, -0.2) is 48.3 Å². The summed E-state index contributed by atoms with van der Waals surface area (Å²) in [7, 11) is 6.81. The van der Waals surface area contributed by atoms with Crippen LogP contribution in [0.4, 0.5) is 8.78 Å². The molecule has 0 spiro atoms. The van der Waals surface area contributed by atoms with Crippen molar-refractivity contribution in [3.05, 3.63) is 70.2 Å². The van der Waals surface area contributed by atoms with E-state index >= 15 is 8.78 Å². The van der Waals surface area contributed by atoms with Gasteiger partial charge in [-0.15, -0.1) is 0 Å². The number of nitrogens with zero attached hydrogens (tertiary/aromatic N) is 2. The van der Waals surface area contributed by atoms with Crippen molar-refractivity contribution >= 4 is 58.0 Å². The van der Waals surface area contributed by atoms with Crippen molar-refractivity contribution in [3.8, 4) is 33.8 Å². The largest absolute Gasteiger partial charge is 0.431 e. The fourth-order valence-electron chi connectivity index (χ4n) is 2.94. The first kappa shape index (κ1) is 26.1. The smallest absolute Gasteiger partial charge is 0.264 e. The second-order valence-corrected chi connectivity index (χ2v) is 9.19. The van der Waals surface area contributed by atoms with Crippen molar-refractivity contribution in [1.29, 1.82) is 0 Å². The van der Waals surface area contributed by atoms with E-state index in [9.17, 15) is 0 Å². The topological polar surface area (TPSA) is 24.9 Å². The minimum Gasteiger partial charge on any atom is -0.431 e. The molecule has 0 heterocycles. The Morgan fingerprint density at radius 1 is 0.647 bits per heavy atom. The zero-order valence-electron chi connectivity index (χ0n) is 18.7. The Hall–Kier alpha value is -2.52. The first-order chi connectivity index (χ1) is 16.0. The van der Waals surface area contributed by atoms with Gasteiger partial charge in [-0.3, -0.25) is 0 Å². The Labute approximate surface area is 217 Å². The zero-order chi connectivity index (χ0) is 25.2. The molecule has 0 aliphatic heterocycles. The monoisotopic (exact) mass is 540 g/mol. The normalized spacial score (nSPS) is 10.6. The van der Waals surface area contributed by atoms with Crippen LogP contribution in [0.5, 0.6) is 11.5 Å². The van der Waals surface area contributed by atoms with E-state index in [1.54, 1.807) is 62.3 Å². The van der Waals surface area contributed by atoms with Gasteiger partial charge >= 0.3 is 0 Å². The van der Waals surface area contributed by atoms with E-state index in [0.29, 0.717) is 10.0 Å². The molecule has 4 nitrogen and oxygen atoms in total. The molecule has 0 saturated heterocycles. The molecule has 0 atom stereocenters. The van der Waals surface area contributed by atoms with E-state index in [1.165, 1.54) is 12.1 Å². The van der Waals surface area contributed by atoms with E-state index in [0.717, 1.165) is 12.1 Å². The fourth-order valence-corrected chi connectivity index (χ4v) is 3.44. The maximum atomic E-state index is 15.4.